The van der Waals surface area contributed by atoms with Crippen molar-refractivity contribution in [2.24, 2.45) is 0 Å². The lowest BCUT2D eigenvalue weighted by atomic mass is 10.2. The topological polar surface area (TPSA) is 24.9 Å². The normalized spacial score (nSPS) is 10.3. The molecule has 0 bridgehead atoms. The van der Waals surface area contributed by atoms with Crippen LogP contribution >= 0.6 is 31.9 Å². The van der Waals surface area contributed by atoms with Gasteiger partial charge in [-0.3, -0.25) is 4.98 Å². The van der Waals surface area contributed by atoms with Crippen LogP contribution in [0.15, 0.2) is 45.6 Å². The first-order chi connectivity index (χ1) is 8.15. The summed E-state index contributed by atoms with van der Waals surface area (Å²) in [6.45, 7) is 0.592. The van der Waals surface area contributed by atoms with E-state index in [0.29, 0.717) is 6.54 Å². The van der Waals surface area contributed by atoms with E-state index in [0.717, 1.165) is 20.2 Å². The van der Waals surface area contributed by atoms with Crippen LogP contribution in [0.25, 0.3) is 0 Å². The first-order valence-corrected chi connectivity index (χ1v) is 6.52. The fourth-order valence-electron chi connectivity index (χ4n) is 1.38. The summed E-state index contributed by atoms with van der Waals surface area (Å²) in [6.07, 6.45) is 3.49. The molecular weight excluding hydrogens is 351 g/mol. The van der Waals surface area contributed by atoms with Gasteiger partial charge in [-0.2, -0.15) is 0 Å². The lowest BCUT2D eigenvalue weighted by molar-refractivity contribution is 0.628. The van der Waals surface area contributed by atoms with Gasteiger partial charge in [0.15, 0.2) is 0 Å². The van der Waals surface area contributed by atoms with Crippen LogP contribution in [0.5, 0.6) is 0 Å². The van der Waals surface area contributed by atoms with Crippen LogP contribution in [0.2, 0.25) is 0 Å². The van der Waals surface area contributed by atoms with Crippen LogP contribution in [0.3, 0.4) is 0 Å². The Labute approximate surface area is 116 Å². The van der Waals surface area contributed by atoms with Crippen molar-refractivity contribution >= 4 is 37.5 Å². The summed E-state index contributed by atoms with van der Waals surface area (Å²) in [5.74, 6) is -0.261. The van der Waals surface area contributed by atoms with Gasteiger partial charge in [0.2, 0.25) is 0 Å². The van der Waals surface area contributed by atoms with Crippen molar-refractivity contribution in [3.05, 3.63) is 57.0 Å². The van der Waals surface area contributed by atoms with E-state index in [1.54, 1.807) is 18.5 Å². The molecule has 0 fully saturated rings. The summed E-state index contributed by atoms with van der Waals surface area (Å²) in [4.78, 5) is 4.06. The van der Waals surface area contributed by atoms with Crippen LogP contribution in [0, 0.1) is 5.82 Å². The van der Waals surface area contributed by atoms with Gasteiger partial charge in [0.1, 0.15) is 5.82 Å². The van der Waals surface area contributed by atoms with Crippen LogP contribution in [-0.4, -0.2) is 4.98 Å². The molecule has 1 N–H and O–H groups in total. The lowest BCUT2D eigenvalue weighted by Gasteiger charge is -2.08. The minimum absolute atomic E-state index is 0.261. The second-order valence-electron chi connectivity index (χ2n) is 3.49. The van der Waals surface area contributed by atoms with Crippen LogP contribution in [0.1, 0.15) is 5.56 Å². The van der Waals surface area contributed by atoms with Crippen LogP contribution < -0.4 is 5.32 Å². The molecule has 0 spiro atoms. The Hall–Kier alpha value is -0.940. The molecule has 17 heavy (non-hydrogen) atoms. The minimum atomic E-state index is -0.261. The summed E-state index contributed by atoms with van der Waals surface area (Å²) in [5, 5.41) is 3.15. The maximum atomic E-state index is 13.1. The number of nitrogens with one attached hydrogen (secondary N) is 1. The number of nitrogens with zero attached hydrogens (tertiary/aromatic N) is 1. The minimum Gasteiger partial charge on any atom is -0.380 e. The molecule has 2 aromatic rings. The average molecular weight is 360 g/mol. The fourth-order valence-corrected chi connectivity index (χ4v) is 2.18. The predicted molar refractivity (Wildman–Crippen MR) is 73.4 cm³/mol. The quantitative estimate of drug-likeness (QED) is 0.880. The molecule has 5 heteroatoms. The highest BCUT2D eigenvalue weighted by Gasteiger charge is 2.02. The van der Waals surface area contributed by atoms with E-state index in [2.05, 4.69) is 42.2 Å². The number of rotatable bonds is 3. The highest BCUT2D eigenvalue weighted by atomic mass is 79.9. The standard InChI is InChI=1S/C12H9Br2FN2/c13-9-3-8(5-16-7-9)6-17-12-4-10(15)1-2-11(12)14/h1-5,7,17H,6H2. The Balaban J connectivity index is 2.09. The van der Waals surface area contributed by atoms with Gasteiger partial charge in [0, 0.05) is 27.9 Å². The van der Waals surface area contributed by atoms with Crippen LogP contribution in [0.4, 0.5) is 10.1 Å². The largest absolute Gasteiger partial charge is 0.380 e. The number of hydrogen-bond donors (Lipinski definition) is 1. The van der Waals surface area contributed by atoms with E-state index in [1.807, 2.05) is 6.07 Å². The predicted octanol–water partition coefficient (Wildman–Crippen LogP) is 4.36. The summed E-state index contributed by atoms with van der Waals surface area (Å²) < 4.78 is 14.8. The molecule has 1 aromatic heterocycles. The van der Waals surface area contributed by atoms with E-state index < -0.39 is 0 Å². The van der Waals surface area contributed by atoms with Gasteiger partial charge < -0.3 is 5.32 Å². The number of pyridine rings is 1. The first-order valence-electron chi connectivity index (χ1n) is 4.93. The molecule has 0 aliphatic carbocycles. The van der Waals surface area contributed by atoms with Gasteiger partial charge in [0.05, 0.1) is 5.69 Å². The number of benzene rings is 1. The van der Waals surface area contributed by atoms with Gasteiger partial charge in [-0.25, -0.2) is 4.39 Å². The third-order valence-corrected chi connectivity index (χ3v) is 3.30. The molecule has 0 atom stereocenters. The van der Waals surface area contributed by atoms with Gasteiger partial charge in [-0.15, -0.1) is 0 Å². The molecule has 0 saturated carbocycles. The van der Waals surface area contributed by atoms with Crippen molar-refractivity contribution in [3.8, 4) is 0 Å². The molecule has 1 heterocycles. The maximum Gasteiger partial charge on any atom is 0.125 e. The zero-order chi connectivity index (χ0) is 12.3. The monoisotopic (exact) mass is 358 g/mol. The van der Waals surface area contributed by atoms with E-state index in [1.165, 1.54) is 12.1 Å². The molecule has 0 unspecified atom stereocenters. The molecule has 0 amide bonds. The molecule has 0 radical (unpaired) electrons. The summed E-state index contributed by atoms with van der Waals surface area (Å²) in [6, 6.07) is 6.51. The molecule has 1 aromatic carbocycles. The Morgan fingerprint density at radius 1 is 1.18 bits per heavy atom. The van der Waals surface area contributed by atoms with Crippen molar-refractivity contribution in [1.82, 2.24) is 4.98 Å². The molecule has 0 aliphatic rings. The average Bonchev–Trinajstić information content (AvgIpc) is 2.30. The second-order valence-corrected chi connectivity index (χ2v) is 5.26. The Kier molecular flexibility index (Phi) is 4.12. The number of aromatic nitrogens is 1. The Bertz CT molecular complexity index is 532. The van der Waals surface area contributed by atoms with E-state index in [-0.39, 0.29) is 5.82 Å². The van der Waals surface area contributed by atoms with Crippen molar-refractivity contribution in [1.29, 1.82) is 0 Å². The van der Waals surface area contributed by atoms with Gasteiger partial charge in [-0.1, -0.05) is 0 Å². The summed E-state index contributed by atoms with van der Waals surface area (Å²) >= 11 is 6.72. The smallest absolute Gasteiger partial charge is 0.125 e. The Morgan fingerprint density at radius 2 is 2.00 bits per heavy atom. The van der Waals surface area contributed by atoms with Gasteiger partial charge in [0.25, 0.3) is 0 Å². The first kappa shape index (κ1) is 12.5. The fraction of sp³-hybridized carbons (Fsp3) is 0.0833. The van der Waals surface area contributed by atoms with E-state index in [4.69, 9.17) is 0 Å². The number of halogens is 3. The zero-order valence-electron chi connectivity index (χ0n) is 8.75. The molecule has 2 nitrogen and oxygen atoms in total. The molecule has 88 valence electrons. The highest BCUT2D eigenvalue weighted by Crippen LogP contribution is 2.23. The lowest BCUT2D eigenvalue weighted by Crippen LogP contribution is -2.00. The van der Waals surface area contributed by atoms with Crippen LogP contribution in [-0.2, 0) is 6.54 Å². The third-order valence-electron chi connectivity index (χ3n) is 2.17. The van der Waals surface area contributed by atoms with Crippen molar-refractivity contribution in [2.75, 3.05) is 5.32 Å². The maximum absolute atomic E-state index is 13.1. The second kappa shape index (κ2) is 5.60. The van der Waals surface area contributed by atoms with Gasteiger partial charge in [-0.05, 0) is 61.7 Å². The summed E-state index contributed by atoms with van der Waals surface area (Å²) in [5.41, 5.74) is 1.75. The van der Waals surface area contributed by atoms with Crippen molar-refractivity contribution in [3.63, 3.8) is 0 Å². The van der Waals surface area contributed by atoms with E-state index >= 15 is 0 Å². The SMILES string of the molecule is Fc1ccc(Br)c(NCc2cncc(Br)c2)c1. The summed E-state index contributed by atoms with van der Waals surface area (Å²) in [7, 11) is 0. The third kappa shape index (κ3) is 3.51. The van der Waals surface area contributed by atoms with Gasteiger partial charge >= 0.3 is 0 Å². The molecule has 2 rings (SSSR count). The number of anilines is 1. The molecular formula is C12H9Br2FN2. The highest BCUT2D eigenvalue weighted by molar-refractivity contribution is 9.10. The molecule has 0 saturated heterocycles. The molecule has 0 aliphatic heterocycles. The Morgan fingerprint density at radius 3 is 2.76 bits per heavy atom. The van der Waals surface area contributed by atoms with E-state index in [9.17, 15) is 4.39 Å². The van der Waals surface area contributed by atoms with Crippen molar-refractivity contribution in [2.45, 2.75) is 6.54 Å². The zero-order valence-corrected chi connectivity index (χ0v) is 11.9. The number of hydrogen-bond acceptors (Lipinski definition) is 2. The van der Waals surface area contributed by atoms with Crippen molar-refractivity contribution < 1.29 is 4.39 Å².